The van der Waals surface area contributed by atoms with Gasteiger partial charge in [0.05, 0.1) is 4.47 Å². The molecule has 0 N–H and O–H groups in total. The Labute approximate surface area is 124 Å². The third-order valence-electron chi connectivity index (χ3n) is 2.36. The molecule has 0 aliphatic carbocycles. The van der Waals surface area contributed by atoms with Crippen LogP contribution in [-0.4, -0.2) is 5.78 Å². The average Bonchev–Trinajstić information content (AvgIpc) is 2.32. The van der Waals surface area contributed by atoms with Crippen molar-refractivity contribution in [2.45, 2.75) is 0 Å². The van der Waals surface area contributed by atoms with Crippen molar-refractivity contribution < 1.29 is 13.6 Å². The molecule has 18 heavy (non-hydrogen) atoms. The number of benzene rings is 2. The highest BCUT2D eigenvalue weighted by Crippen LogP contribution is 2.22. The van der Waals surface area contributed by atoms with E-state index in [1.54, 1.807) is 0 Å². The van der Waals surface area contributed by atoms with Gasteiger partial charge in [0.25, 0.3) is 0 Å². The molecule has 2 aromatic rings. The van der Waals surface area contributed by atoms with Gasteiger partial charge in [-0.2, -0.15) is 0 Å². The lowest BCUT2D eigenvalue weighted by molar-refractivity contribution is 0.103. The van der Waals surface area contributed by atoms with Gasteiger partial charge in [-0.1, -0.05) is 0 Å². The first-order chi connectivity index (χ1) is 8.49. The monoisotopic (exact) mass is 422 g/mol. The summed E-state index contributed by atoms with van der Waals surface area (Å²) in [5, 5.41) is 0. The molecule has 0 aliphatic rings. The van der Waals surface area contributed by atoms with Crippen LogP contribution in [0.5, 0.6) is 0 Å². The van der Waals surface area contributed by atoms with Crippen molar-refractivity contribution in [3.63, 3.8) is 0 Å². The van der Waals surface area contributed by atoms with Crippen LogP contribution >= 0.6 is 38.5 Å². The Morgan fingerprint density at radius 1 is 1.11 bits per heavy atom. The molecule has 0 aliphatic heterocycles. The van der Waals surface area contributed by atoms with Gasteiger partial charge in [0.2, 0.25) is 0 Å². The number of hydrogen-bond acceptors (Lipinski definition) is 1. The van der Waals surface area contributed by atoms with E-state index in [4.69, 9.17) is 0 Å². The molecule has 0 radical (unpaired) electrons. The first-order valence-corrected chi connectivity index (χ1v) is 6.81. The van der Waals surface area contributed by atoms with Gasteiger partial charge in [0.15, 0.2) is 5.78 Å². The molecule has 1 nitrogen and oxygen atoms in total. The molecule has 0 aromatic heterocycles. The molecule has 5 heteroatoms. The van der Waals surface area contributed by atoms with E-state index >= 15 is 0 Å². The number of halogens is 4. The molecule has 0 bridgehead atoms. The minimum Gasteiger partial charge on any atom is -0.289 e. The van der Waals surface area contributed by atoms with Crippen LogP contribution in [0, 0.1) is 15.2 Å². The van der Waals surface area contributed by atoms with Crippen LogP contribution in [0.25, 0.3) is 0 Å². The maximum atomic E-state index is 13.1. The highest BCUT2D eigenvalue weighted by molar-refractivity contribution is 14.1. The molecule has 0 saturated heterocycles. The highest BCUT2D eigenvalue weighted by atomic mass is 127. The Bertz CT molecular complexity index is 628. The fraction of sp³-hybridized carbons (Fsp3) is 0. The quantitative estimate of drug-likeness (QED) is 0.512. The SMILES string of the molecule is O=C(c1ccc(F)c(Br)c1)c1ccc(F)cc1I. The summed E-state index contributed by atoms with van der Waals surface area (Å²) in [5.41, 5.74) is 0.753. The first kappa shape index (κ1) is 13.6. The predicted octanol–water partition coefficient (Wildman–Crippen LogP) is 4.56. The maximum Gasteiger partial charge on any atom is 0.194 e. The number of carbonyl (C=O) groups is 1. The molecular weight excluding hydrogens is 417 g/mol. The van der Waals surface area contributed by atoms with E-state index in [-0.39, 0.29) is 10.3 Å². The fourth-order valence-corrected chi connectivity index (χ4v) is 2.57. The minimum absolute atomic E-state index is 0.227. The molecule has 0 heterocycles. The fourth-order valence-electron chi connectivity index (χ4n) is 1.47. The van der Waals surface area contributed by atoms with Crippen LogP contribution in [0.15, 0.2) is 40.9 Å². The lowest BCUT2D eigenvalue weighted by atomic mass is 10.0. The van der Waals surface area contributed by atoms with Crippen molar-refractivity contribution in [3.8, 4) is 0 Å². The molecule has 2 rings (SSSR count). The van der Waals surface area contributed by atoms with Crippen molar-refractivity contribution in [1.29, 1.82) is 0 Å². The molecule has 0 fully saturated rings. The Hall–Kier alpha value is -0.820. The standard InChI is InChI=1S/C13H6BrF2IO/c14-10-5-7(1-4-11(10)16)13(18)9-3-2-8(15)6-12(9)17/h1-6H. The topological polar surface area (TPSA) is 17.1 Å². The number of rotatable bonds is 2. The molecule has 0 atom stereocenters. The van der Waals surface area contributed by atoms with Crippen LogP contribution in [0.1, 0.15) is 15.9 Å². The molecular formula is C13H6BrF2IO. The van der Waals surface area contributed by atoms with E-state index in [0.717, 1.165) is 0 Å². The number of ketones is 1. The summed E-state index contributed by atoms with van der Waals surface area (Å²) >= 11 is 4.92. The van der Waals surface area contributed by atoms with Crippen molar-refractivity contribution >= 4 is 44.3 Å². The third-order valence-corrected chi connectivity index (χ3v) is 3.86. The van der Waals surface area contributed by atoms with Crippen LogP contribution in [0.2, 0.25) is 0 Å². The summed E-state index contributed by atoms with van der Waals surface area (Å²) < 4.78 is 26.8. The van der Waals surface area contributed by atoms with Gasteiger partial charge in [-0.25, -0.2) is 8.78 Å². The summed E-state index contributed by atoms with van der Waals surface area (Å²) in [7, 11) is 0. The average molecular weight is 423 g/mol. The first-order valence-electron chi connectivity index (χ1n) is 4.94. The lowest BCUT2D eigenvalue weighted by Crippen LogP contribution is -2.04. The maximum absolute atomic E-state index is 13.1. The smallest absolute Gasteiger partial charge is 0.194 e. The molecule has 92 valence electrons. The van der Waals surface area contributed by atoms with Crippen molar-refractivity contribution in [2.75, 3.05) is 0 Å². The highest BCUT2D eigenvalue weighted by Gasteiger charge is 2.14. The number of carbonyl (C=O) groups excluding carboxylic acids is 1. The van der Waals surface area contributed by atoms with E-state index < -0.39 is 11.6 Å². The van der Waals surface area contributed by atoms with E-state index in [2.05, 4.69) is 15.9 Å². The summed E-state index contributed by atoms with van der Waals surface area (Å²) in [6.45, 7) is 0. The Morgan fingerprint density at radius 3 is 2.44 bits per heavy atom. The number of hydrogen-bond donors (Lipinski definition) is 0. The van der Waals surface area contributed by atoms with E-state index in [9.17, 15) is 13.6 Å². The van der Waals surface area contributed by atoms with Gasteiger partial charge in [-0.3, -0.25) is 4.79 Å². The zero-order valence-electron chi connectivity index (χ0n) is 8.88. The van der Waals surface area contributed by atoms with Gasteiger partial charge in [-0.15, -0.1) is 0 Å². The second-order valence-corrected chi connectivity index (χ2v) is 5.60. The van der Waals surface area contributed by atoms with Crippen molar-refractivity contribution in [2.24, 2.45) is 0 Å². The van der Waals surface area contributed by atoms with Crippen LogP contribution in [-0.2, 0) is 0 Å². The zero-order chi connectivity index (χ0) is 13.3. The minimum atomic E-state index is -0.430. The van der Waals surface area contributed by atoms with E-state index in [0.29, 0.717) is 14.7 Å². The second-order valence-electron chi connectivity index (χ2n) is 3.58. The van der Waals surface area contributed by atoms with Gasteiger partial charge in [-0.05, 0) is 74.9 Å². The van der Waals surface area contributed by atoms with Gasteiger partial charge in [0.1, 0.15) is 11.6 Å². The van der Waals surface area contributed by atoms with E-state index in [1.807, 2.05) is 22.6 Å². The summed E-state index contributed by atoms with van der Waals surface area (Å²) in [6, 6.07) is 7.98. The Morgan fingerprint density at radius 2 is 1.83 bits per heavy atom. The summed E-state index contributed by atoms with van der Waals surface area (Å²) in [4.78, 5) is 12.2. The predicted molar refractivity (Wildman–Crippen MR) is 76.6 cm³/mol. The normalized spacial score (nSPS) is 10.4. The van der Waals surface area contributed by atoms with Crippen LogP contribution in [0.3, 0.4) is 0 Å². The van der Waals surface area contributed by atoms with Crippen molar-refractivity contribution in [3.05, 3.63) is 67.2 Å². The zero-order valence-corrected chi connectivity index (χ0v) is 12.6. The molecule has 2 aromatic carbocycles. The van der Waals surface area contributed by atoms with Crippen LogP contribution in [0.4, 0.5) is 8.78 Å². The third kappa shape index (κ3) is 2.77. The summed E-state index contributed by atoms with van der Waals surface area (Å²) in [6.07, 6.45) is 0. The van der Waals surface area contributed by atoms with Crippen molar-refractivity contribution in [1.82, 2.24) is 0 Å². The molecule has 0 amide bonds. The molecule has 0 unspecified atom stereocenters. The Kier molecular flexibility index (Phi) is 4.11. The molecule has 0 spiro atoms. The lowest BCUT2D eigenvalue weighted by Gasteiger charge is -2.05. The van der Waals surface area contributed by atoms with Gasteiger partial charge < -0.3 is 0 Å². The van der Waals surface area contributed by atoms with Gasteiger partial charge >= 0.3 is 0 Å². The summed E-state index contributed by atoms with van der Waals surface area (Å²) in [5.74, 6) is -1.09. The Balaban J connectivity index is 2.44. The van der Waals surface area contributed by atoms with E-state index in [1.165, 1.54) is 36.4 Å². The van der Waals surface area contributed by atoms with Gasteiger partial charge in [0, 0.05) is 14.7 Å². The van der Waals surface area contributed by atoms with Crippen LogP contribution < -0.4 is 0 Å². The largest absolute Gasteiger partial charge is 0.289 e. The second kappa shape index (κ2) is 5.44. The molecule has 0 saturated carbocycles.